The fourth-order valence-corrected chi connectivity index (χ4v) is 14.0. The molecule has 0 spiro atoms. The van der Waals surface area contributed by atoms with Crippen LogP contribution in [-0.4, -0.2) is 4.57 Å². The molecule has 0 aliphatic carbocycles. The summed E-state index contributed by atoms with van der Waals surface area (Å²) in [6.45, 7) is 2.22. The van der Waals surface area contributed by atoms with Gasteiger partial charge in [-0.05, 0) is 12.1 Å². The van der Waals surface area contributed by atoms with Crippen molar-refractivity contribution >= 4 is 41.6 Å². The predicted octanol–water partition coefficient (Wildman–Crippen LogP) is 11.9. The van der Waals surface area contributed by atoms with Crippen molar-refractivity contribution in [2.24, 2.45) is 0 Å². The Morgan fingerprint density at radius 2 is 1.10 bits per heavy atom. The van der Waals surface area contributed by atoms with E-state index in [-0.39, 0.29) is 0 Å². The van der Waals surface area contributed by atoms with E-state index in [4.69, 9.17) is 0 Å². The molecule has 1 aromatic heterocycles. The Morgan fingerprint density at radius 1 is 0.520 bits per heavy atom. The Bertz CT molecular complexity index is 2670. The number of hydrogen-bond acceptors (Lipinski definition) is 2. The summed E-state index contributed by atoms with van der Waals surface area (Å²) in [4.78, 5) is 0. The number of alkyl halides is 1. The van der Waals surface area contributed by atoms with Crippen LogP contribution in [0.15, 0.2) is 152 Å². The van der Waals surface area contributed by atoms with Gasteiger partial charge in [-0.1, -0.05) is 36.4 Å². The molecule has 2 heterocycles. The topological polar surface area (TPSA) is 52.5 Å². The summed E-state index contributed by atoms with van der Waals surface area (Å²) in [6, 6.07) is 58.5. The van der Waals surface area contributed by atoms with Gasteiger partial charge in [0.05, 0.1) is 0 Å². The standard InChI is InChI=1S/C46H30IN3/c1-30-14-17-35(26-36(30)27-47-42-11-5-2-8-37(42)41-25-31(28-48)15-22-43(41)47)33-18-20-34(21-19-33)40-24-32(29-49)16-23-46(40)50-44-12-6-3-9-38(44)39-10-4-7-13-45(39)50/h2-26H,27H2,1H3. The van der Waals surface area contributed by atoms with Crippen LogP contribution in [0.25, 0.3) is 60.9 Å². The van der Waals surface area contributed by atoms with E-state index < -0.39 is 19.8 Å². The minimum absolute atomic E-state index is 0.639. The second kappa shape index (κ2) is 12.2. The number of para-hydroxylation sites is 2. The first-order chi connectivity index (χ1) is 24.6. The molecular weight excluding hydrogens is 721 g/mol. The minimum atomic E-state index is -1.77. The summed E-state index contributed by atoms with van der Waals surface area (Å²) in [5, 5.41) is 21.9. The molecule has 3 nitrogen and oxygen atoms in total. The van der Waals surface area contributed by atoms with Crippen LogP contribution in [0.1, 0.15) is 22.3 Å². The summed E-state index contributed by atoms with van der Waals surface area (Å²) < 4.78 is 6.30. The zero-order valence-electron chi connectivity index (χ0n) is 27.4. The molecule has 1 aliphatic rings. The quantitative estimate of drug-likeness (QED) is 0.130. The summed E-state index contributed by atoms with van der Waals surface area (Å²) in [5.41, 5.74) is 14.4. The first-order valence-corrected chi connectivity index (χ1v) is 20.3. The van der Waals surface area contributed by atoms with Gasteiger partial charge in [-0.3, -0.25) is 0 Å². The molecule has 4 heteroatoms. The summed E-state index contributed by atoms with van der Waals surface area (Å²) in [5.74, 6) is 0. The Hall–Kier alpha value is -5.95. The molecule has 0 unspecified atom stereocenters. The molecule has 0 amide bonds. The SMILES string of the molecule is Cc1ccc(-c2ccc(-c3cc(C#N)ccc3-n3c4ccccc4c4ccccc43)cc2)cc1CI1c2ccccc2-c2cc(C#N)ccc21. The van der Waals surface area contributed by atoms with Crippen molar-refractivity contribution in [2.45, 2.75) is 11.4 Å². The van der Waals surface area contributed by atoms with Crippen molar-refractivity contribution < 1.29 is 0 Å². The molecule has 0 atom stereocenters. The van der Waals surface area contributed by atoms with Crippen LogP contribution in [0.5, 0.6) is 0 Å². The molecule has 0 fully saturated rings. The van der Waals surface area contributed by atoms with Crippen LogP contribution in [-0.2, 0) is 4.43 Å². The van der Waals surface area contributed by atoms with Gasteiger partial charge in [0.25, 0.3) is 0 Å². The van der Waals surface area contributed by atoms with E-state index in [9.17, 15) is 10.5 Å². The van der Waals surface area contributed by atoms with Gasteiger partial charge in [0.15, 0.2) is 0 Å². The van der Waals surface area contributed by atoms with Gasteiger partial charge in [-0.25, -0.2) is 0 Å². The number of rotatable bonds is 5. The van der Waals surface area contributed by atoms with Crippen LogP contribution in [0, 0.1) is 36.7 Å². The molecule has 0 saturated heterocycles. The average molecular weight is 752 g/mol. The second-order valence-corrected chi connectivity index (χ2v) is 17.9. The number of hydrogen-bond donors (Lipinski definition) is 0. The van der Waals surface area contributed by atoms with Gasteiger partial charge in [0.2, 0.25) is 0 Å². The van der Waals surface area contributed by atoms with Crippen LogP contribution < -0.4 is 0 Å². The van der Waals surface area contributed by atoms with E-state index >= 15 is 0 Å². The van der Waals surface area contributed by atoms with E-state index in [1.54, 1.807) is 0 Å². The number of nitriles is 2. The van der Waals surface area contributed by atoms with E-state index in [0.29, 0.717) is 5.56 Å². The number of aryl methyl sites for hydroxylation is 1. The third-order valence-electron chi connectivity index (χ3n) is 9.85. The monoisotopic (exact) mass is 751 g/mol. The van der Waals surface area contributed by atoms with E-state index in [2.05, 4.69) is 157 Å². The fraction of sp³-hybridized carbons (Fsp3) is 0.0435. The molecule has 1 aliphatic heterocycles. The number of aromatic nitrogens is 1. The molecular formula is C46H30IN3. The van der Waals surface area contributed by atoms with Crippen molar-refractivity contribution in [3.05, 3.63) is 181 Å². The maximum absolute atomic E-state index is 9.88. The van der Waals surface area contributed by atoms with Crippen molar-refractivity contribution in [3.8, 4) is 51.2 Å². The predicted molar refractivity (Wildman–Crippen MR) is 213 cm³/mol. The van der Waals surface area contributed by atoms with Gasteiger partial charge < -0.3 is 0 Å². The molecule has 0 N–H and O–H groups in total. The zero-order valence-corrected chi connectivity index (χ0v) is 29.5. The molecule has 9 rings (SSSR count). The summed E-state index contributed by atoms with van der Waals surface area (Å²) in [6.07, 6.45) is 0. The third-order valence-corrected chi connectivity index (χ3v) is 16.1. The van der Waals surface area contributed by atoms with Crippen LogP contribution in [0.2, 0.25) is 0 Å². The summed E-state index contributed by atoms with van der Waals surface area (Å²) >= 11 is -1.77. The Labute approximate surface area is 298 Å². The van der Waals surface area contributed by atoms with E-state index in [0.717, 1.165) is 37.8 Å². The number of halogens is 1. The molecule has 0 radical (unpaired) electrons. The number of benzene rings is 7. The first-order valence-electron chi connectivity index (χ1n) is 16.6. The van der Waals surface area contributed by atoms with Crippen LogP contribution in [0.4, 0.5) is 0 Å². The zero-order chi connectivity index (χ0) is 33.8. The van der Waals surface area contributed by atoms with Crippen molar-refractivity contribution in [3.63, 3.8) is 0 Å². The summed E-state index contributed by atoms with van der Waals surface area (Å²) in [7, 11) is 0. The first kappa shape index (κ1) is 30.1. The maximum atomic E-state index is 9.88. The van der Waals surface area contributed by atoms with Crippen LogP contribution in [0.3, 0.4) is 0 Å². The normalized spacial score (nSPS) is 12.4. The molecule has 8 aromatic rings. The van der Waals surface area contributed by atoms with Crippen molar-refractivity contribution in [2.75, 3.05) is 0 Å². The van der Waals surface area contributed by atoms with Gasteiger partial charge >= 0.3 is 236 Å². The van der Waals surface area contributed by atoms with Gasteiger partial charge in [-0.15, -0.1) is 0 Å². The fourth-order valence-electron chi connectivity index (χ4n) is 7.33. The Kier molecular flexibility index (Phi) is 7.34. The molecule has 0 bridgehead atoms. The van der Waals surface area contributed by atoms with E-state index in [1.807, 2.05) is 18.2 Å². The van der Waals surface area contributed by atoms with Crippen molar-refractivity contribution in [1.82, 2.24) is 4.57 Å². The Balaban J connectivity index is 1.09. The second-order valence-electron chi connectivity index (χ2n) is 12.7. The third kappa shape index (κ3) is 4.92. The molecule has 7 aromatic carbocycles. The van der Waals surface area contributed by atoms with Gasteiger partial charge in [0, 0.05) is 10.8 Å². The van der Waals surface area contributed by atoms with Crippen molar-refractivity contribution in [1.29, 1.82) is 10.5 Å². The van der Waals surface area contributed by atoms with E-state index in [1.165, 1.54) is 51.3 Å². The molecule has 236 valence electrons. The molecule has 50 heavy (non-hydrogen) atoms. The van der Waals surface area contributed by atoms with Gasteiger partial charge in [-0.2, -0.15) is 5.26 Å². The number of nitrogens with zero attached hydrogens (tertiary/aromatic N) is 3. The van der Waals surface area contributed by atoms with Crippen LogP contribution >= 0.6 is 19.8 Å². The van der Waals surface area contributed by atoms with Gasteiger partial charge in [0.1, 0.15) is 0 Å². The molecule has 0 saturated carbocycles. The average Bonchev–Trinajstić information content (AvgIpc) is 3.67. The Morgan fingerprint density at radius 3 is 1.82 bits per heavy atom. The number of fused-ring (bicyclic) bond motifs is 6.